The summed E-state index contributed by atoms with van der Waals surface area (Å²) in [6, 6.07) is 11.7. The first-order valence-corrected chi connectivity index (χ1v) is 12.4. The molecule has 1 aliphatic rings. The third-order valence-corrected chi connectivity index (χ3v) is 6.84. The van der Waals surface area contributed by atoms with Gasteiger partial charge in [-0.15, -0.1) is 24.0 Å². The predicted octanol–water partition coefficient (Wildman–Crippen LogP) is 2.84. The second-order valence-electron chi connectivity index (χ2n) is 7.72. The van der Waals surface area contributed by atoms with Crippen molar-refractivity contribution in [2.45, 2.75) is 37.6 Å². The van der Waals surface area contributed by atoms with Crippen molar-refractivity contribution < 1.29 is 12.8 Å². The number of hydrogen-bond acceptors (Lipinski definition) is 5. The summed E-state index contributed by atoms with van der Waals surface area (Å²) in [6.45, 7) is 3.37. The third kappa shape index (κ3) is 8.05. The minimum atomic E-state index is -3.30. The summed E-state index contributed by atoms with van der Waals surface area (Å²) in [4.78, 5) is 6.80. The number of furan rings is 1. The fourth-order valence-corrected chi connectivity index (χ4v) is 4.60. The van der Waals surface area contributed by atoms with E-state index in [-0.39, 0.29) is 35.8 Å². The van der Waals surface area contributed by atoms with Crippen LogP contribution in [0, 0.1) is 0 Å². The Hall–Kier alpha value is -1.63. The van der Waals surface area contributed by atoms with E-state index in [0.717, 1.165) is 30.0 Å². The standard InChI is InChI=1S/C22H33N5O3S.HI/c1-23-22(25-15-18-8-6-9-19(14-18)17-31(28,29)24-2)26-16-20(21-10-7-13-30-21)27-11-4-3-5-12-27;/h6-10,13-14,20,24H,3-5,11-12,15-17H2,1-2H3,(H2,23,25,26);1H. The van der Waals surface area contributed by atoms with Crippen LogP contribution in [0.3, 0.4) is 0 Å². The molecule has 1 aliphatic heterocycles. The van der Waals surface area contributed by atoms with Crippen molar-refractivity contribution in [2.24, 2.45) is 4.99 Å². The monoisotopic (exact) mass is 575 g/mol. The van der Waals surface area contributed by atoms with E-state index in [9.17, 15) is 8.42 Å². The fraction of sp³-hybridized carbons (Fsp3) is 0.500. The second-order valence-corrected chi connectivity index (χ2v) is 9.64. The predicted molar refractivity (Wildman–Crippen MR) is 139 cm³/mol. The van der Waals surface area contributed by atoms with Crippen molar-refractivity contribution in [1.82, 2.24) is 20.3 Å². The van der Waals surface area contributed by atoms with E-state index in [0.29, 0.717) is 19.0 Å². The van der Waals surface area contributed by atoms with Gasteiger partial charge < -0.3 is 15.1 Å². The van der Waals surface area contributed by atoms with Crippen LogP contribution in [0.25, 0.3) is 0 Å². The third-order valence-electron chi connectivity index (χ3n) is 5.51. The zero-order chi connectivity index (χ0) is 22.1. The van der Waals surface area contributed by atoms with Crippen LogP contribution in [0.5, 0.6) is 0 Å². The molecule has 0 aliphatic carbocycles. The van der Waals surface area contributed by atoms with Gasteiger partial charge in [0.15, 0.2) is 5.96 Å². The molecule has 1 saturated heterocycles. The Morgan fingerprint density at radius 2 is 1.88 bits per heavy atom. The summed E-state index contributed by atoms with van der Waals surface area (Å²) in [5.74, 6) is 1.62. The highest BCUT2D eigenvalue weighted by molar-refractivity contribution is 14.0. The molecule has 1 aromatic heterocycles. The smallest absolute Gasteiger partial charge is 0.215 e. The average Bonchev–Trinajstić information content (AvgIpc) is 3.31. The van der Waals surface area contributed by atoms with Crippen molar-refractivity contribution in [3.63, 3.8) is 0 Å². The molecule has 0 saturated carbocycles. The van der Waals surface area contributed by atoms with E-state index >= 15 is 0 Å². The van der Waals surface area contributed by atoms with Gasteiger partial charge in [0.1, 0.15) is 5.76 Å². The number of nitrogens with zero attached hydrogens (tertiary/aromatic N) is 2. The summed E-state index contributed by atoms with van der Waals surface area (Å²) in [7, 11) is -0.125. The number of halogens is 1. The van der Waals surface area contributed by atoms with E-state index in [1.54, 1.807) is 13.3 Å². The van der Waals surface area contributed by atoms with Crippen molar-refractivity contribution in [3.8, 4) is 0 Å². The maximum atomic E-state index is 11.8. The van der Waals surface area contributed by atoms with Gasteiger partial charge in [-0.05, 0) is 56.2 Å². The first kappa shape index (κ1) is 26.6. The van der Waals surface area contributed by atoms with E-state index < -0.39 is 10.0 Å². The highest BCUT2D eigenvalue weighted by atomic mass is 127. The van der Waals surface area contributed by atoms with Crippen LogP contribution < -0.4 is 15.4 Å². The van der Waals surface area contributed by atoms with Crippen LogP contribution in [0.2, 0.25) is 0 Å². The molecule has 0 spiro atoms. The minimum absolute atomic E-state index is 0. The Balaban J connectivity index is 0.00000363. The lowest BCUT2D eigenvalue weighted by Gasteiger charge is -2.33. The minimum Gasteiger partial charge on any atom is -0.468 e. The maximum Gasteiger partial charge on any atom is 0.215 e. The van der Waals surface area contributed by atoms with Gasteiger partial charge in [-0.1, -0.05) is 30.7 Å². The molecule has 0 bridgehead atoms. The zero-order valence-corrected chi connectivity index (χ0v) is 21.9. The number of piperidine rings is 1. The normalized spacial score (nSPS) is 16.2. The average molecular weight is 576 g/mol. The SMILES string of the molecule is CN=C(NCc1cccc(CS(=O)(=O)NC)c1)NCC(c1ccco1)N1CCCCC1.I. The van der Waals surface area contributed by atoms with Gasteiger partial charge >= 0.3 is 0 Å². The highest BCUT2D eigenvalue weighted by Gasteiger charge is 2.24. The molecule has 2 aromatic rings. The van der Waals surface area contributed by atoms with Crippen molar-refractivity contribution in [2.75, 3.05) is 33.7 Å². The fourth-order valence-electron chi connectivity index (χ4n) is 3.84. The Bertz CT molecular complexity index is 944. The van der Waals surface area contributed by atoms with Gasteiger partial charge in [0.2, 0.25) is 10.0 Å². The number of likely N-dealkylation sites (tertiary alicyclic amines) is 1. The summed E-state index contributed by atoms with van der Waals surface area (Å²) < 4.78 is 31.7. The number of benzene rings is 1. The highest BCUT2D eigenvalue weighted by Crippen LogP contribution is 2.24. The van der Waals surface area contributed by atoms with Gasteiger partial charge in [-0.25, -0.2) is 13.1 Å². The van der Waals surface area contributed by atoms with Gasteiger partial charge in [0.25, 0.3) is 0 Å². The van der Waals surface area contributed by atoms with Crippen LogP contribution in [0.4, 0.5) is 0 Å². The van der Waals surface area contributed by atoms with Gasteiger partial charge in [-0.2, -0.15) is 0 Å². The van der Waals surface area contributed by atoms with Crippen LogP contribution >= 0.6 is 24.0 Å². The largest absolute Gasteiger partial charge is 0.468 e. The van der Waals surface area contributed by atoms with Crippen molar-refractivity contribution >= 4 is 40.0 Å². The quantitative estimate of drug-likeness (QED) is 0.242. The van der Waals surface area contributed by atoms with Crippen LogP contribution in [-0.2, 0) is 22.3 Å². The van der Waals surface area contributed by atoms with Gasteiger partial charge in [-0.3, -0.25) is 9.89 Å². The molecule has 8 nitrogen and oxygen atoms in total. The molecule has 2 heterocycles. The molecule has 178 valence electrons. The van der Waals surface area contributed by atoms with E-state index in [2.05, 4.69) is 25.2 Å². The lowest BCUT2D eigenvalue weighted by Crippen LogP contribution is -2.44. The number of rotatable bonds is 9. The van der Waals surface area contributed by atoms with Crippen LogP contribution in [-0.4, -0.2) is 53.0 Å². The number of guanidine groups is 1. The molecule has 0 radical (unpaired) electrons. The molecule has 3 rings (SSSR count). The Kier molecular flexibility index (Phi) is 11.0. The van der Waals surface area contributed by atoms with Gasteiger partial charge in [0.05, 0.1) is 18.1 Å². The molecule has 1 fully saturated rings. The first-order chi connectivity index (χ1) is 15.0. The Morgan fingerprint density at radius 1 is 1.12 bits per heavy atom. The maximum absolute atomic E-state index is 11.8. The van der Waals surface area contributed by atoms with Crippen molar-refractivity contribution in [3.05, 3.63) is 59.5 Å². The van der Waals surface area contributed by atoms with Crippen LogP contribution in [0.15, 0.2) is 52.1 Å². The first-order valence-electron chi connectivity index (χ1n) is 10.7. The Labute approximate surface area is 208 Å². The summed E-state index contributed by atoms with van der Waals surface area (Å²) >= 11 is 0. The lowest BCUT2D eigenvalue weighted by molar-refractivity contribution is 0.146. The number of hydrogen-bond donors (Lipinski definition) is 3. The molecular formula is C22H34IN5O3S. The number of nitrogens with one attached hydrogen (secondary N) is 3. The summed E-state index contributed by atoms with van der Waals surface area (Å²) in [5.41, 5.74) is 1.74. The molecule has 32 heavy (non-hydrogen) atoms. The molecule has 1 unspecified atom stereocenters. The zero-order valence-electron chi connectivity index (χ0n) is 18.7. The molecule has 1 atom stereocenters. The molecular weight excluding hydrogens is 541 g/mol. The second kappa shape index (κ2) is 13.2. The van der Waals surface area contributed by atoms with Crippen LogP contribution in [0.1, 0.15) is 42.2 Å². The van der Waals surface area contributed by atoms with E-state index in [1.165, 1.54) is 26.3 Å². The Morgan fingerprint density at radius 3 is 2.53 bits per heavy atom. The van der Waals surface area contributed by atoms with E-state index in [1.807, 2.05) is 36.4 Å². The summed E-state index contributed by atoms with van der Waals surface area (Å²) in [6.07, 6.45) is 5.43. The van der Waals surface area contributed by atoms with Gasteiger partial charge in [0, 0.05) is 20.1 Å². The summed E-state index contributed by atoms with van der Waals surface area (Å²) in [5, 5.41) is 6.74. The topological polar surface area (TPSA) is 99.0 Å². The molecule has 0 amide bonds. The number of sulfonamides is 1. The van der Waals surface area contributed by atoms with Crippen molar-refractivity contribution in [1.29, 1.82) is 0 Å². The van der Waals surface area contributed by atoms with E-state index in [4.69, 9.17) is 4.42 Å². The molecule has 10 heteroatoms. The molecule has 3 N–H and O–H groups in total. The lowest BCUT2D eigenvalue weighted by atomic mass is 10.1. The molecule has 1 aromatic carbocycles. The number of aliphatic imine (C=N–C) groups is 1.